The Balaban J connectivity index is 0.00000280. The molecule has 2 aromatic rings. The number of nitrogens with one attached hydrogen (secondary N) is 3. The topological polar surface area (TPSA) is 74.8 Å². The fourth-order valence-corrected chi connectivity index (χ4v) is 3.14. The van der Waals surface area contributed by atoms with Gasteiger partial charge in [-0.3, -0.25) is 9.79 Å². The lowest BCUT2D eigenvalue weighted by molar-refractivity contribution is 0.0963. The molecular formula is C21H27IN4O2. The maximum Gasteiger partial charge on any atom is 0.251 e. The van der Waals surface area contributed by atoms with Gasteiger partial charge in [-0.15, -0.1) is 24.0 Å². The zero-order valence-corrected chi connectivity index (χ0v) is 18.5. The molecule has 1 atom stereocenters. The van der Waals surface area contributed by atoms with Crippen molar-refractivity contribution in [2.75, 3.05) is 27.2 Å². The summed E-state index contributed by atoms with van der Waals surface area (Å²) in [6, 6.07) is 15.8. The normalized spacial score (nSPS) is 15.1. The maximum absolute atomic E-state index is 11.7. The van der Waals surface area contributed by atoms with E-state index in [1.807, 2.05) is 42.5 Å². The third kappa shape index (κ3) is 5.85. The van der Waals surface area contributed by atoms with Crippen LogP contribution in [0.5, 0.6) is 5.75 Å². The van der Waals surface area contributed by atoms with Gasteiger partial charge >= 0.3 is 0 Å². The molecular weight excluding hydrogens is 467 g/mol. The number of carbonyl (C=O) groups excluding carboxylic acids is 1. The Labute approximate surface area is 183 Å². The van der Waals surface area contributed by atoms with E-state index in [4.69, 9.17) is 4.74 Å². The molecule has 3 N–H and O–H groups in total. The predicted molar refractivity (Wildman–Crippen MR) is 123 cm³/mol. The summed E-state index contributed by atoms with van der Waals surface area (Å²) in [6.45, 7) is 1.42. The summed E-state index contributed by atoms with van der Waals surface area (Å²) in [7, 11) is 3.39. The van der Waals surface area contributed by atoms with Crippen LogP contribution in [0.3, 0.4) is 0 Å². The molecule has 0 bridgehead atoms. The molecule has 1 amide bonds. The van der Waals surface area contributed by atoms with Crippen LogP contribution in [0.25, 0.3) is 0 Å². The summed E-state index contributed by atoms with van der Waals surface area (Å²) in [4.78, 5) is 16.0. The highest BCUT2D eigenvalue weighted by atomic mass is 127. The Bertz CT molecular complexity index is 801. The first-order chi connectivity index (χ1) is 13.2. The SMILES string of the molecule is CN=C(NCCc1cccc(C(=O)NC)c1)NCC1Cc2ccccc2O1.I. The molecule has 0 aliphatic carbocycles. The van der Waals surface area contributed by atoms with Gasteiger partial charge in [-0.1, -0.05) is 30.3 Å². The van der Waals surface area contributed by atoms with Crippen molar-refractivity contribution in [3.63, 3.8) is 0 Å². The van der Waals surface area contributed by atoms with Gasteiger partial charge in [-0.2, -0.15) is 0 Å². The van der Waals surface area contributed by atoms with Crippen LogP contribution in [-0.4, -0.2) is 45.2 Å². The molecule has 3 rings (SSSR count). The van der Waals surface area contributed by atoms with Crippen LogP contribution in [0, 0.1) is 0 Å². The molecule has 0 radical (unpaired) electrons. The molecule has 1 heterocycles. The molecule has 28 heavy (non-hydrogen) atoms. The molecule has 1 aliphatic rings. The number of rotatable bonds is 6. The van der Waals surface area contributed by atoms with E-state index in [2.05, 4.69) is 27.0 Å². The van der Waals surface area contributed by atoms with Crippen LogP contribution in [-0.2, 0) is 12.8 Å². The Morgan fingerprint density at radius 1 is 1.18 bits per heavy atom. The number of ether oxygens (including phenoxy) is 1. The van der Waals surface area contributed by atoms with Crippen molar-refractivity contribution in [2.24, 2.45) is 4.99 Å². The molecule has 1 aliphatic heterocycles. The van der Waals surface area contributed by atoms with E-state index in [1.54, 1.807) is 14.1 Å². The van der Waals surface area contributed by atoms with E-state index < -0.39 is 0 Å². The molecule has 0 fully saturated rings. The van der Waals surface area contributed by atoms with Gasteiger partial charge in [0.1, 0.15) is 11.9 Å². The van der Waals surface area contributed by atoms with Crippen LogP contribution >= 0.6 is 24.0 Å². The second kappa shape index (κ2) is 10.9. The van der Waals surface area contributed by atoms with Crippen molar-refractivity contribution in [2.45, 2.75) is 18.9 Å². The Morgan fingerprint density at radius 3 is 2.75 bits per heavy atom. The molecule has 2 aromatic carbocycles. The number of benzene rings is 2. The number of hydrogen-bond acceptors (Lipinski definition) is 3. The monoisotopic (exact) mass is 494 g/mol. The second-order valence-electron chi connectivity index (χ2n) is 6.46. The van der Waals surface area contributed by atoms with Crippen molar-refractivity contribution in [3.8, 4) is 5.75 Å². The van der Waals surface area contributed by atoms with Gasteiger partial charge in [0.25, 0.3) is 5.91 Å². The highest BCUT2D eigenvalue weighted by Gasteiger charge is 2.22. The lowest BCUT2D eigenvalue weighted by Crippen LogP contribution is -2.42. The highest BCUT2D eigenvalue weighted by molar-refractivity contribution is 14.0. The maximum atomic E-state index is 11.7. The average molecular weight is 494 g/mol. The molecule has 0 saturated heterocycles. The fraction of sp³-hybridized carbons (Fsp3) is 0.333. The Morgan fingerprint density at radius 2 is 2.00 bits per heavy atom. The number of guanidine groups is 1. The molecule has 0 aromatic heterocycles. The summed E-state index contributed by atoms with van der Waals surface area (Å²) in [6.07, 6.45) is 1.83. The third-order valence-electron chi connectivity index (χ3n) is 4.56. The van der Waals surface area contributed by atoms with Gasteiger partial charge < -0.3 is 20.7 Å². The lowest BCUT2D eigenvalue weighted by Gasteiger charge is -2.15. The van der Waals surface area contributed by atoms with Crippen molar-refractivity contribution in [1.82, 2.24) is 16.0 Å². The first kappa shape index (κ1) is 22.0. The largest absolute Gasteiger partial charge is 0.488 e. The molecule has 0 saturated carbocycles. The standard InChI is InChI=1S/C21H26N4O2.HI/c1-22-20(26)17-8-5-6-15(12-17)10-11-24-21(23-2)25-14-18-13-16-7-3-4-9-19(16)27-18;/h3-9,12,18H,10-11,13-14H2,1-2H3,(H,22,26)(H2,23,24,25);1H. The molecule has 7 heteroatoms. The van der Waals surface area contributed by atoms with Gasteiger partial charge in [0.05, 0.1) is 6.54 Å². The minimum Gasteiger partial charge on any atom is -0.488 e. The Hall–Kier alpha value is -2.29. The van der Waals surface area contributed by atoms with Gasteiger partial charge in [0, 0.05) is 32.6 Å². The van der Waals surface area contributed by atoms with Gasteiger partial charge in [0.15, 0.2) is 5.96 Å². The summed E-state index contributed by atoms with van der Waals surface area (Å²) >= 11 is 0. The molecule has 6 nitrogen and oxygen atoms in total. The summed E-state index contributed by atoms with van der Waals surface area (Å²) in [5.41, 5.74) is 3.03. The lowest BCUT2D eigenvalue weighted by atomic mass is 10.1. The van der Waals surface area contributed by atoms with Gasteiger partial charge in [-0.05, 0) is 35.7 Å². The summed E-state index contributed by atoms with van der Waals surface area (Å²) < 4.78 is 5.94. The summed E-state index contributed by atoms with van der Waals surface area (Å²) in [5.74, 6) is 1.65. The third-order valence-corrected chi connectivity index (χ3v) is 4.56. The molecule has 0 spiro atoms. The van der Waals surface area contributed by atoms with Gasteiger partial charge in [0.2, 0.25) is 0 Å². The quantitative estimate of drug-likeness (QED) is 0.328. The Kier molecular flexibility index (Phi) is 8.56. The van der Waals surface area contributed by atoms with E-state index in [0.717, 1.165) is 36.7 Å². The van der Waals surface area contributed by atoms with Crippen molar-refractivity contribution in [3.05, 3.63) is 65.2 Å². The first-order valence-electron chi connectivity index (χ1n) is 9.19. The van der Waals surface area contributed by atoms with Crippen LogP contribution < -0.4 is 20.7 Å². The summed E-state index contributed by atoms with van der Waals surface area (Å²) in [5, 5.41) is 9.28. The fourth-order valence-electron chi connectivity index (χ4n) is 3.14. The number of para-hydroxylation sites is 1. The van der Waals surface area contributed by atoms with E-state index in [0.29, 0.717) is 12.1 Å². The van der Waals surface area contributed by atoms with E-state index in [1.165, 1.54) is 5.56 Å². The predicted octanol–water partition coefficient (Wildman–Crippen LogP) is 2.38. The molecule has 1 unspecified atom stereocenters. The number of hydrogen-bond donors (Lipinski definition) is 3. The van der Waals surface area contributed by atoms with E-state index in [-0.39, 0.29) is 36.0 Å². The number of nitrogens with zero attached hydrogens (tertiary/aromatic N) is 1. The minimum absolute atomic E-state index is 0. The van der Waals surface area contributed by atoms with E-state index >= 15 is 0 Å². The van der Waals surface area contributed by atoms with Crippen molar-refractivity contribution >= 4 is 35.8 Å². The van der Waals surface area contributed by atoms with Crippen LogP contribution in [0.2, 0.25) is 0 Å². The second-order valence-corrected chi connectivity index (χ2v) is 6.46. The number of carbonyl (C=O) groups is 1. The first-order valence-corrected chi connectivity index (χ1v) is 9.19. The zero-order valence-electron chi connectivity index (χ0n) is 16.2. The zero-order chi connectivity index (χ0) is 19.1. The van der Waals surface area contributed by atoms with Gasteiger partial charge in [-0.25, -0.2) is 0 Å². The van der Waals surface area contributed by atoms with Crippen LogP contribution in [0.4, 0.5) is 0 Å². The van der Waals surface area contributed by atoms with Crippen LogP contribution in [0.1, 0.15) is 21.5 Å². The van der Waals surface area contributed by atoms with E-state index in [9.17, 15) is 4.79 Å². The number of aliphatic imine (C=N–C) groups is 1. The smallest absolute Gasteiger partial charge is 0.251 e. The number of amides is 1. The highest BCUT2D eigenvalue weighted by Crippen LogP contribution is 2.27. The minimum atomic E-state index is -0.0696. The van der Waals surface area contributed by atoms with Crippen molar-refractivity contribution < 1.29 is 9.53 Å². The van der Waals surface area contributed by atoms with Crippen LogP contribution in [0.15, 0.2) is 53.5 Å². The van der Waals surface area contributed by atoms with Crippen molar-refractivity contribution in [1.29, 1.82) is 0 Å². The molecule has 150 valence electrons. The number of fused-ring (bicyclic) bond motifs is 1. The number of halogens is 1. The average Bonchev–Trinajstić information content (AvgIpc) is 3.13.